The molecule has 1 aliphatic rings. The van der Waals surface area contributed by atoms with Crippen molar-refractivity contribution in [3.63, 3.8) is 0 Å². The summed E-state index contributed by atoms with van der Waals surface area (Å²) in [5.41, 5.74) is 0. The van der Waals surface area contributed by atoms with Crippen molar-refractivity contribution in [1.82, 2.24) is 4.90 Å². The molecule has 0 aromatic rings. The molecular formula is C12H22BrNO2. The summed E-state index contributed by atoms with van der Waals surface area (Å²) < 4.78 is 0. The van der Waals surface area contributed by atoms with Crippen LogP contribution in [0.1, 0.15) is 44.9 Å². The number of hydrogen-bond acceptors (Lipinski definition) is 2. The van der Waals surface area contributed by atoms with Crippen molar-refractivity contribution >= 4 is 21.8 Å². The normalized spacial score (nSPS) is 21.1. The van der Waals surface area contributed by atoms with Gasteiger partial charge in [-0.05, 0) is 38.5 Å². The molecule has 0 bridgehead atoms. The van der Waals surface area contributed by atoms with Gasteiger partial charge < -0.3 is 10.0 Å². The van der Waals surface area contributed by atoms with Crippen molar-refractivity contribution in [2.45, 2.75) is 51.0 Å². The van der Waals surface area contributed by atoms with Gasteiger partial charge in [0.1, 0.15) is 0 Å². The number of aliphatic hydroxyl groups excluding tert-OH is 1. The zero-order valence-electron chi connectivity index (χ0n) is 9.83. The van der Waals surface area contributed by atoms with Gasteiger partial charge in [0.15, 0.2) is 0 Å². The summed E-state index contributed by atoms with van der Waals surface area (Å²) in [6, 6.07) is 0.287. The Morgan fingerprint density at radius 3 is 2.88 bits per heavy atom. The van der Waals surface area contributed by atoms with Gasteiger partial charge in [-0.3, -0.25) is 4.79 Å². The fraction of sp³-hybridized carbons (Fsp3) is 0.917. The molecule has 16 heavy (non-hydrogen) atoms. The molecule has 0 aromatic heterocycles. The molecule has 0 aliphatic carbocycles. The van der Waals surface area contributed by atoms with E-state index in [0.29, 0.717) is 6.42 Å². The number of aliphatic hydroxyl groups is 1. The van der Waals surface area contributed by atoms with Gasteiger partial charge in [-0.1, -0.05) is 15.9 Å². The Balaban J connectivity index is 2.37. The number of rotatable bonds is 6. The van der Waals surface area contributed by atoms with E-state index in [0.717, 1.165) is 44.0 Å². The van der Waals surface area contributed by atoms with E-state index < -0.39 is 0 Å². The highest BCUT2D eigenvalue weighted by atomic mass is 79.9. The maximum Gasteiger partial charge on any atom is 0.222 e. The lowest BCUT2D eigenvalue weighted by molar-refractivity contribution is -0.135. The summed E-state index contributed by atoms with van der Waals surface area (Å²) >= 11 is 3.37. The van der Waals surface area contributed by atoms with Crippen LogP contribution in [0.2, 0.25) is 0 Å². The number of carbonyl (C=O) groups is 1. The standard InChI is InChI=1S/C12H22BrNO2/c13-8-3-1-6-12(16)14-9-4-2-5-11(14)7-10-15/h11,15H,1-10H2. The first-order valence-electron chi connectivity index (χ1n) is 6.26. The number of piperidine rings is 1. The average Bonchev–Trinajstić information content (AvgIpc) is 2.30. The first-order chi connectivity index (χ1) is 7.79. The highest BCUT2D eigenvalue weighted by molar-refractivity contribution is 9.09. The summed E-state index contributed by atoms with van der Waals surface area (Å²) in [7, 11) is 0. The highest BCUT2D eigenvalue weighted by Crippen LogP contribution is 2.20. The van der Waals surface area contributed by atoms with E-state index >= 15 is 0 Å². The van der Waals surface area contributed by atoms with E-state index in [1.165, 1.54) is 6.42 Å². The number of halogens is 1. The third kappa shape index (κ3) is 4.42. The smallest absolute Gasteiger partial charge is 0.222 e. The molecule has 0 radical (unpaired) electrons. The van der Waals surface area contributed by atoms with Gasteiger partial charge >= 0.3 is 0 Å². The van der Waals surface area contributed by atoms with Crippen LogP contribution in [0.4, 0.5) is 0 Å². The zero-order valence-corrected chi connectivity index (χ0v) is 11.4. The number of amides is 1. The molecule has 1 N–H and O–H groups in total. The molecule has 94 valence electrons. The Morgan fingerprint density at radius 1 is 1.38 bits per heavy atom. The fourth-order valence-corrected chi connectivity index (χ4v) is 2.69. The van der Waals surface area contributed by atoms with Crippen LogP contribution in [0.3, 0.4) is 0 Å². The molecule has 1 unspecified atom stereocenters. The van der Waals surface area contributed by atoms with Crippen LogP contribution in [0.5, 0.6) is 0 Å². The predicted octanol–water partition coefficient (Wildman–Crippen LogP) is 2.32. The van der Waals surface area contributed by atoms with Crippen LogP contribution < -0.4 is 0 Å². The van der Waals surface area contributed by atoms with Gasteiger partial charge in [-0.15, -0.1) is 0 Å². The SMILES string of the molecule is O=C(CCCCBr)N1CCCCC1CCO. The highest BCUT2D eigenvalue weighted by Gasteiger charge is 2.25. The molecule has 4 heteroatoms. The van der Waals surface area contributed by atoms with Gasteiger partial charge in [0.25, 0.3) is 0 Å². The van der Waals surface area contributed by atoms with Gasteiger partial charge in [-0.25, -0.2) is 0 Å². The molecule has 1 atom stereocenters. The molecular weight excluding hydrogens is 270 g/mol. The van der Waals surface area contributed by atoms with Crippen molar-refractivity contribution in [1.29, 1.82) is 0 Å². The van der Waals surface area contributed by atoms with Crippen LogP contribution in [0, 0.1) is 0 Å². The van der Waals surface area contributed by atoms with Crippen molar-refractivity contribution in [2.75, 3.05) is 18.5 Å². The van der Waals surface area contributed by atoms with Crippen LogP contribution in [0.25, 0.3) is 0 Å². The van der Waals surface area contributed by atoms with E-state index in [-0.39, 0.29) is 18.6 Å². The van der Waals surface area contributed by atoms with Crippen LogP contribution in [-0.2, 0) is 4.79 Å². The van der Waals surface area contributed by atoms with E-state index in [1.807, 2.05) is 4.90 Å². The maximum absolute atomic E-state index is 12.0. The topological polar surface area (TPSA) is 40.5 Å². The summed E-state index contributed by atoms with van der Waals surface area (Å²) in [5.74, 6) is 0.277. The molecule has 0 spiro atoms. The van der Waals surface area contributed by atoms with Gasteiger partial charge in [0.05, 0.1) is 0 Å². The monoisotopic (exact) mass is 291 g/mol. The lowest BCUT2D eigenvalue weighted by Crippen LogP contribution is -2.44. The van der Waals surface area contributed by atoms with E-state index in [1.54, 1.807) is 0 Å². The van der Waals surface area contributed by atoms with E-state index in [2.05, 4.69) is 15.9 Å². The second kappa shape index (κ2) is 8.07. The largest absolute Gasteiger partial charge is 0.396 e. The molecule has 3 nitrogen and oxygen atoms in total. The first-order valence-corrected chi connectivity index (χ1v) is 7.38. The lowest BCUT2D eigenvalue weighted by Gasteiger charge is -2.35. The maximum atomic E-state index is 12.0. The number of hydrogen-bond donors (Lipinski definition) is 1. The zero-order chi connectivity index (χ0) is 11.8. The van der Waals surface area contributed by atoms with Crippen molar-refractivity contribution < 1.29 is 9.90 Å². The molecule has 1 saturated heterocycles. The minimum atomic E-state index is 0.190. The summed E-state index contributed by atoms with van der Waals surface area (Å²) in [6.45, 7) is 1.08. The molecule has 0 saturated carbocycles. The van der Waals surface area contributed by atoms with Crippen molar-refractivity contribution in [3.05, 3.63) is 0 Å². The van der Waals surface area contributed by atoms with Crippen molar-refractivity contribution in [3.8, 4) is 0 Å². The number of alkyl halides is 1. The Bertz CT molecular complexity index is 209. The van der Waals surface area contributed by atoms with Crippen molar-refractivity contribution in [2.24, 2.45) is 0 Å². The molecule has 1 heterocycles. The Kier molecular flexibility index (Phi) is 7.05. The Labute approximate surface area is 106 Å². The van der Waals surface area contributed by atoms with E-state index in [4.69, 9.17) is 5.11 Å². The summed E-state index contributed by atoms with van der Waals surface area (Å²) in [4.78, 5) is 14.0. The number of likely N-dealkylation sites (tertiary alicyclic amines) is 1. The van der Waals surface area contributed by atoms with E-state index in [9.17, 15) is 4.79 Å². The number of carbonyl (C=O) groups excluding carboxylic acids is 1. The quantitative estimate of drug-likeness (QED) is 0.603. The molecule has 0 aromatic carbocycles. The lowest BCUT2D eigenvalue weighted by atomic mass is 9.99. The third-order valence-corrected chi connectivity index (χ3v) is 3.74. The second-order valence-corrected chi connectivity index (χ2v) is 5.19. The molecule has 1 amide bonds. The fourth-order valence-electron chi connectivity index (χ4n) is 2.29. The second-order valence-electron chi connectivity index (χ2n) is 4.40. The van der Waals surface area contributed by atoms with Gasteiger partial charge in [-0.2, -0.15) is 0 Å². The summed E-state index contributed by atoms with van der Waals surface area (Å²) in [5, 5.41) is 9.96. The van der Waals surface area contributed by atoms with Crippen LogP contribution in [-0.4, -0.2) is 40.4 Å². The third-order valence-electron chi connectivity index (χ3n) is 3.18. The molecule has 1 fully saturated rings. The molecule has 1 aliphatic heterocycles. The Hall–Kier alpha value is -0.0900. The minimum absolute atomic E-state index is 0.190. The number of unbranched alkanes of at least 4 members (excludes halogenated alkanes) is 1. The minimum Gasteiger partial charge on any atom is -0.396 e. The molecule has 1 rings (SSSR count). The Morgan fingerprint density at radius 2 is 2.19 bits per heavy atom. The predicted molar refractivity (Wildman–Crippen MR) is 68.7 cm³/mol. The average molecular weight is 292 g/mol. The van der Waals surface area contributed by atoms with Gasteiger partial charge in [0.2, 0.25) is 5.91 Å². The van der Waals surface area contributed by atoms with Crippen LogP contribution >= 0.6 is 15.9 Å². The first kappa shape index (κ1) is 14.0. The number of nitrogens with zero attached hydrogens (tertiary/aromatic N) is 1. The summed E-state index contributed by atoms with van der Waals surface area (Å²) in [6.07, 6.45) is 6.79. The van der Waals surface area contributed by atoms with Gasteiger partial charge in [0, 0.05) is 30.9 Å². The van der Waals surface area contributed by atoms with Crippen LogP contribution in [0.15, 0.2) is 0 Å².